The summed E-state index contributed by atoms with van der Waals surface area (Å²) in [5, 5.41) is 14.8. The second-order valence-corrected chi connectivity index (χ2v) is 9.58. The third-order valence-corrected chi connectivity index (χ3v) is 6.02. The first-order valence-electron chi connectivity index (χ1n) is 11.2. The van der Waals surface area contributed by atoms with Gasteiger partial charge in [0, 0.05) is 25.7 Å². The summed E-state index contributed by atoms with van der Waals surface area (Å²) in [4.78, 5) is 25.3. The van der Waals surface area contributed by atoms with Crippen LogP contribution in [0.1, 0.15) is 45.6 Å². The Hall–Kier alpha value is -3.09. The van der Waals surface area contributed by atoms with E-state index in [0.717, 1.165) is 25.7 Å². The van der Waals surface area contributed by atoms with Crippen LogP contribution in [-0.2, 0) is 11.2 Å². The Morgan fingerprint density at radius 1 is 1.09 bits per heavy atom. The number of ether oxygens (including phenoxy) is 1. The normalized spacial score (nSPS) is 15.8. The van der Waals surface area contributed by atoms with Crippen molar-refractivity contribution in [2.45, 2.75) is 52.1 Å². The molecule has 1 aliphatic heterocycles. The number of nitrogens with one attached hydrogen (secondary N) is 1. The van der Waals surface area contributed by atoms with Gasteiger partial charge in [0.2, 0.25) is 0 Å². The molecule has 1 amide bonds. The molecule has 0 radical (unpaired) electrons. The van der Waals surface area contributed by atoms with Crippen molar-refractivity contribution in [3.05, 3.63) is 70.3 Å². The van der Waals surface area contributed by atoms with Crippen molar-refractivity contribution in [3.8, 4) is 0 Å². The highest BCUT2D eigenvalue weighted by atomic mass is 16.6. The third kappa shape index (κ3) is 6.45. The molecule has 172 valence electrons. The number of benzene rings is 2. The number of nitro benzene ring substituents is 1. The Labute approximate surface area is 189 Å². The van der Waals surface area contributed by atoms with Gasteiger partial charge >= 0.3 is 6.09 Å². The minimum absolute atomic E-state index is 0.0714. The average Bonchev–Trinajstić information content (AvgIpc) is 2.76. The van der Waals surface area contributed by atoms with Crippen LogP contribution in [-0.4, -0.2) is 41.2 Å². The zero-order valence-corrected chi connectivity index (χ0v) is 19.2. The number of amides is 1. The molecule has 2 aromatic carbocycles. The fourth-order valence-corrected chi connectivity index (χ4v) is 4.12. The largest absolute Gasteiger partial charge is 0.444 e. The SMILES string of the molecule is CC(C)(C)OC(=O)N1CCC(CCc2ccccc2)(CNc2ccccc2[N+](=O)[O-])CC1. The zero-order valence-electron chi connectivity index (χ0n) is 19.2. The third-order valence-electron chi connectivity index (χ3n) is 6.02. The van der Waals surface area contributed by atoms with E-state index < -0.39 is 5.60 Å². The number of rotatable bonds is 7. The lowest BCUT2D eigenvalue weighted by atomic mass is 9.74. The fourth-order valence-electron chi connectivity index (χ4n) is 4.12. The molecule has 1 fully saturated rings. The Morgan fingerprint density at radius 2 is 1.72 bits per heavy atom. The number of likely N-dealkylation sites (tertiary alicyclic amines) is 1. The Bertz CT molecular complexity index is 916. The van der Waals surface area contributed by atoms with Gasteiger partial charge in [-0.1, -0.05) is 42.5 Å². The second-order valence-electron chi connectivity index (χ2n) is 9.58. The maximum Gasteiger partial charge on any atom is 0.410 e. The van der Waals surface area contributed by atoms with Crippen molar-refractivity contribution in [1.82, 2.24) is 4.90 Å². The predicted molar refractivity (Wildman–Crippen MR) is 126 cm³/mol. The van der Waals surface area contributed by atoms with Crippen LogP contribution in [0.4, 0.5) is 16.2 Å². The van der Waals surface area contributed by atoms with Crippen molar-refractivity contribution in [1.29, 1.82) is 0 Å². The highest BCUT2D eigenvalue weighted by Crippen LogP contribution is 2.38. The van der Waals surface area contributed by atoms with E-state index in [1.807, 2.05) is 39.0 Å². The number of para-hydroxylation sites is 2. The summed E-state index contributed by atoms with van der Waals surface area (Å²) in [6.07, 6.45) is 3.21. The van der Waals surface area contributed by atoms with E-state index in [9.17, 15) is 14.9 Å². The van der Waals surface area contributed by atoms with Crippen LogP contribution in [0.25, 0.3) is 0 Å². The standard InChI is InChI=1S/C25H33N3O4/c1-24(2,3)32-23(29)27-17-15-25(16-18-27,14-13-20-9-5-4-6-10-20)19-26-21-11-7-8-12-22(21)28(30)31/h4-12,26H,13-19H2,1-3H3. The summed E-state index contributed by atoms with van der Waals surface area (Å²) in [5.74, 6) is 0. The molecule has 1 heterocycles. The van der Waals surface area contributed by atoms with E-state index in [0.29, 0.717) is 25.3 Å². The fraction of sp³-hybridized carbons (Fsp3) is 0.480. The molecular formula is C25H33N3O4. The molecule has 1 aliphatic rings. The molecule has 0 unspecified atom stereocenters. The molecule has 0 aromatic heterocycles. The molecule has 0 spiro atoms. The first kappa shape index (κ1) is 23.6. The molecule has 7 nitrogen and oxygen atoms in total. The molecule has 7 heteroatoms. The Morgan fingerprint density at radius 3 is 2.34 bits per heavy atom. The quantitative estimate of drug-likeness (QED) is 0.445. The smallest absolute Gasteiger partial charge is 0.410 e. The number of aryl methyl sites for hydroxylation is 1. The number of carbonyl (C=O) groups is 1. The lowest BCUT2D eigenvalue weighted by molar-refractivity contribution is -0.384. The number of hydrogen-bond donors (Lipinski definition) is 1. The monoisotopic (exact) mass is 439 g/mol. The van der Waals surface area contributed by atoms with Crippen LogP contribution in [0.15, 0.2) is 54.6 Å². The summed E-state index contributed by atoms with van der Waals surface area (Å²) in [5.41, 5.74) is 1.29. The maximum absolute atomic E-state index is 12.5. The topological polar surface area (TPSA) is 84.7 Å². The van der Waals surface area contributed by atoms with Gasteiger partial charge in [0.1, 0.15) is 11.3 Å². The van der Waals surface area contributed by atoms with Crippen molar-refractivity contribution in [2.75, 3.05) is 25.0 Å². The van der Waals surface area contributed by atoms with E-state index in [1.54, 1.807) is 23.1 Å². The van der Waals surface area contributed by atoms with E-state index in [1.165, 1.54) is 11.6 Å². The number of anilines is 1. The summed E-state index contributed by atoms with van der Waals surface area (Å²) < 4.78 is 5.54. The van der Waals surface area contributed by atoms with Crippen molar-refractivity contribution in [3.63, 3.8) is 0 Å². The van der Waals surface area contributed by atoms with Gasteiger partial charge in [-0.3, -0.25) is 10.1 Å². The van der Waals surface area contributed by atoms with Crippen molar-refractivity contribution >= 4 is 17.5 Å². The maximum atomic E-state index is 12.5. The lowest BCUT2D eigenvalue weighted by Gasteiger charge is -2.42. The molecule has 1 saturated heterocycles. The summed E-state index contributed by atoms with van der Waals surface area (Å²) in [6.45, 7) is 7.46. The number of piperidine rings is 1. The van der Waals surface area contributed by atoms with Crippen molar-refractivity contribution < 1.29 is 14.5 Å². The van der Waals surface area contributed by atoms with E-state index in [-0.39, 0.29) is 22.1 Å². The molecule has 2 aromatic rings. The van der Waals surface area contributed by atoms with Gasteiger partial charge in [-0.25, -0.2) is 4.79 Å². The number of hydrogen-bond acceptors (Lipinski definition) is 5. The highest BCUT2D eigenvalue weighted by Gasteiger charge is 2.37. The van der Waals surface area contributed by atoms with E-state index in [4.69, 9.17) is 4.74 Å². The summed E-state index contributed by atoms with van der Waals surface area (Å²) in [6, 6.07) is 17.1. The molecule has 0 saturated carbocycles. The van der Waals surface area contributed by atoms with Gasteiger partial charge in [0.05, 0.1) is 4.92 Å². The zero-order chi connectivity index (χ0) is 23.2. The van der Waals surface area contributed by atoms with Gasteiger partial charge in [0.25, 0.3) is 5.69 Å². The van der Waals surface area contributed by atoms with E-state index >= 15 is 0 Å². The Kier molecular flexibility index (Phi) is 7.38. The van der Waals surface area contributed by atoms with Gasteiger partial charge in [-0.15, -0.1) is 0 Å². The minimum atomic E-state index is -0.521. The van der Waals surface area contributed by atoms with Crippen LogP contribution in [0.5, 0.6) is 0 Å². The molecule has 3 rings (SSSR count). The molecule has 0 atom stereocenters. The number of nitrogens with zero attached hydrogens (tertiary/aromatic N) is 2. The Balaban J connectivity index is 1.71. The van der Waals surface area contributed by atoms with E-state index in [2.05, 4.69) is 17.4 Å². The average molecular weight is 440 g/mol. The van der Waals surface area contributed by atoms with Crippen LogP contribution in [0.2, 0.25) is 0 Å². The van der Waals surface area contributed by atoms with Crippen LogP contribution >= 0.6 is 0 Å². The minimum Gasteiger partial charge on any atom is -0.444 e. The summed E-state index contributed by atoms with van der Waals surface area (Å²) >= 11 is 0. The molecule has 32 heavy (non-hydrogen) atoms. The van der Waals surface area contributed by atoms with Crippen LogP contribution in [0, 0.1) is 15.5 Å². The van der Waals surface area contributed by atoms with Gasteiger partial charge in [0.15, 0.2) is 0 Å². The van der Waals surface area contributed by atoms with Crippen molar-refractivity contribution in [2.24, 2.45) is 5.41 Å². The molecular weight excluding hydrogens is 406 g/mol. The number of nitro groups is 1. The first-order valence-corrected chi connectivity index (χ1v) is 11.2. The van der Waals surface area contributed by atoms with Crippen LogP contribution in [0.3, 0.4) is 0 Å². The van der Waals surface area contributed by atoms with Gasteiger partial charge in [-0.2, -0.15) is 0 Å². The molecule has 1 N–H and O–H groups in total. The second kappa shape index (κ2) is 10.0. The van der Waals surface area contributed by atoms with Gasteiger partial charge in [-0.05, 0) is 63.5 Å². The number of carbonyl (C=O) groups excluding carboxylic acids is 1. The lowest BCUT2D eigenvalue weighted by Crippen LogP contribution is -2.47. The van der Waals surface area contributed by atoms with Gasteiger partial charge < -0.3 is 15.0 Å². The van der Waals surface area contributed by atoms with Crippen LogP contribution < -0.4 is 5.32 Å². The molecule has 0 bridgehead atoms. The highest BCUT2D eigenvalue weighted by molar-refractivity contribution is 5.68. The first-order chi connectivity index (χ1) is 15.2. The predicted octanol–water partition coefficient (Wildman–Crippen LogP) is 5.66. The summed E-state index contributed by atoms with van der Waals surface area (Å²) in [7, 11) is 0. The molecule has 0 aliphatic carbocycles.